The fourth-order valence-corrected chi connectivity index (χ4v) is 2.28. The van der Waals surface area contributed by atoms with Crippen molar-refractivity contribution in [2.75, 3.05) is 11.5 Å². The summed E-state index contributed by atoms with van der Waals surface area (Å²) >= 11 is 0. The van der Waals surface area contributed by atoms with Crippen LogP contribution in [0.5, 0.6) is 0 Å². The molecule has 1 N–H and O–H groups in total. The number of aliphatic carboxylic acids is 1. The van der Waals surface area contributed by atoms with Gasteiger partial charge in [-0.2, -0.15) is 0 Å². The molecule has 0 rings (SSSR count). The van der Waals surface area contributed by atoms with E-state index in [-0.39, 0.29) is 5.75 Å². The summed E-state index contributed by atoms with van der Waals surface area (Å²) in [6.45, 7) is 4.07. The van der Waals surface area contributed by atoms with Crippen LogP contribution >= 0.6 is 0 Å². The van der Waals surface area contributed by atoms with Gasteiger partial charge in [-0.3, -0.25) is 9.00 Å². The van der Waals surface area contributed by atoms with Crippen molar-refractivity contribution >= 4 is 16.8 Å². The van der Waals surface area contributed by atoms with Gasteiger partial charge >= 0.3 is 5.97 Å². The monoisotopic (exact) mass is 192 g/mol. The first kappa shape index (κ1) is 11.6. The van der Waals surface area contributed by atoms with Crippen molar-refractivity contribution in [1.29, 1.82) is 0 Å². The van der Waals surface area contributed by atoms with E-state index < -0.39 is 16.8 Å². The first-order valence-electron chi connectivity index (χ1n) is 4.13. The molecule has 72 valence electrons. The second-order valence-corrected chi connectivity index (χ2v) is 4.54. The molecular formula is C8H16O3S. The zero-order chi connectivity index (χ0) is 9.56. The molecule has 0 aliphatic heterocycles. The summed E-state index contributed by atoms with van der Waals surface area (Å²) in [7, 11) is -1.18. The van der Waals surface area contributed by atoms with E-state index in [1.807, 2.05) is 6.92 Å². The number of carbonyl (C=O) groups is 1. The lowest BCUT2D eigenvalue weighted by atomic mass is 10.1. The van der Waals surface area contributed by atoms with Gasteiger partial charge in [0.15, 0.2) is 0 Å². The van der Waals surface area contributed by atoms with Crippen LogP contribution in [0.2, 0.25) is 0 Å². The molecule has 2 unspecified atom stereocenters. The maximum absolute atomic E-state index is 11.1. The summed E-state index contributed by atoms with van der Waals surface area (Å²) in [4.78, 5) is 10.2. The fraction of sp³-hybridized carbons (Fsp3) is 0.875. The van der Waals surface area contributed by atoms with Gasteiger partial charge in [-0.15, -0.1) is 0 Å². The Morgan fingerprint density at radius 2 is 2.17 bits per heavy atom. The van der Waals surface area contributed by atoms with Gasteiger partial charge < -0.3 is 5.11 Å². The highest BCUT2D eigenvalue weighted by Crippen LogP contribution is 2.06. The minimum atomic E-state index is -1.18. The van der Waals surface area contributed by atoms with Crippen LogP contribution in [0, 0.1) is 5.92 Å². The van der Waals surface area contributed by atoms with Gasteiger partial charge in [0.25, 0.3) is 0 Å². The molecule has 3 nitrogen and oxygen atoms in total. The van der Waals surface area contributed by atoms with E-state index in [0.29, 0.717) is 11.7 Å². The Bertz CT molecular complexity index is 168. The van der Waals surface area contributed by atoms with Crippen LogP contribution in [0.3, 0.4) is 0 Å². The van der Waals surface area contributed by atoms with Crippen molar-refractivity contribution in [2.45, 2.75) is 26.7 Å². The molecule has 0 saturated heterocycles. The quantitative estimate of drug-likeness (QED) is 0.689. The second kappa shape index (κ2) is 6.17. The lowest BCUT2D eigenvalue weighted by molar-refractivity contribution is -0.133. The topological polar surface area (TPSA) is 54.4 Å². The van der Waals surface area contributed by atoms with Crippen LogP contribution in [0.1, 0.15) is 26.7 Å². The van der Waals surface area contributed by atoms with Gasteiger partial charge in [0.05, 0.1) is 0 Å². The molecule has 0 aliphatic carbocycles. The van der Waals surface area contributed by atoms with Crippen molar-refractivity contribution in [3.63, 3.8) is 0 Å². The third-order valence-corrected chi connectivity index (χ3v) is 3.05. The van der Waals surface area contributed by atoms with Gasteiger partial charge in [-0.25, -0.2) is 0 Å². The Hall–Kier alpha value is -0.380. The van der Waals surface area contributed by atoms with Gasteiger partial charge in [0.2, 0.25) is 0 Å². The van der Waals surface area contributed by atoms with Gasteiger partial charge in [0, 0.05) is 16.6 Å². The molecular weight excluding hydrogens is 176 g/mol. The Kier molecular flexibility index (Phi) is 5.98. The van der Waals surface area contributed by atoms with Crippen molar-refractivity contribution < 1.29 is 14.1 Å². The fourth-order valence-electron chi connectivity index (χ4n) is 1.09. The summed E-state index contributed by atoms with van der Waals surface area (Å²) in [6, 6.07) is 0. The standard InChI is InChI=1S/C8H16O3S/c1-3-4-7(2)5-12(11)6-8(9)10/h7H,3-6H2,1-2H3,(H,9,10). The van der Waals surface area contributed by atoms with E-state index in [0.717, 1.165) is 12.8 Å². The van der Waals surface area contributed by atoms with E-state index >= 15 is 0 Å². The summed E-state index contributed by atoms with van der Waals surface area (Å²) < 4.78 is 11.1. The molecule has 0 spiro atoms. The van der Waals surface area contributed by atoms with E-state index in [4.69, 9.17) is 5.11 Å². The molecule has 2 atom stereocenters. The molecule has 0 aromatic carbocycles. The first-order chi connectivity index (χ1) is 5.56. The molecule has 0 radical (unpaired) electrons. The smallest absolute Gasteiger partial charge is 0.316 e. The number of hydrogen-bond acceptors (Lipinski definition) is 2. The van der Waals surface area contributed by atoms with Crippen LogP contribution in [0.25, 0.3) is 0 Å². The number of rotatable bonds is 6. The zero-order valence-corrected chi connectivity index (χ0v) is 8.39. The van der Waals surface area contributed by atoms with E-state index in [2.05, 4.69) is 6.92 Å². The molecule has 0 bridgehead atoms. The van der Waals surface area contributed by atoms with Crippen LogP contribution < -0.4 is 0 Å². The average molecular weight is 192 g/mol. The van der Waals surface area contributed by atoms with Crippen molar-refractivity contribution in [3.05, 3.63) is 0 Å². The van der Waals surface area contributed by atoms with E-state index in [1.54, 1.807) is 0 Å². The maximum atomic E-state index is 11.1. The highest BCUT2D eigenvalue weighted by Gasteiger charge is 2.09. The predicted octanol–water partition coefficient (Wildman–Crippen LogP) is 1.26. The predicted molar refractivity (Wildman–Crippen MR) is 49.6 cm³/mol. The Balaban J connectivity index is 3.61. The average Bonchev–Trinajstić information content (AvgIpc) is 1.84. The normalized spacial score (nSPS) is 15.5. The second-order valence-electron chi connectivity index (χ2n) is 3.04. The third kappa shape index (κ3) is 6.34. The van der Waals surface area contributed by atoms with Gasteiger partial charge in [-0.1, -0.05) is 26.7 Å². The molecule has 0 saturated carbocycles. The number of hydrogen-bond donors (Lipinski definition) is 1. The highest BCUT2D eigenvalue weighted by atomic mass is 32.2. The number of carboxylic acids is 1. The SMILES string of the molecule is CCCC(C)CS(=O)CC(=O)O. The van der Waals surface area contributed by atoms with Crippen molar-refractivity contribution in [3.8, 4) is 0 Å². The summed E-state index contributed by atoms with van der Waals surface area (Å²) in [5.74, 6) is -0.305. The summed E-state index contributed by atoms with van der Waals surface area (Å²) in [5.41, 5.74) is 0. The number of carboxylic acid groups (broad SMARTS) is 1. The molecule has 0 aromatic rings. The molecule has 0 fully saturated rings. The molecule has 12 heavy (non-hydrogen) atoms. The van der Waals surface area contributed by atoms with Crippen molar-refractivity contribution in [1.82, 2.24) is 0 Å². The lowest BCUT2D eigenvalue weighted by Gasteiger charge is -2.07. The zero-order valence-electron chi connectivity index (χ0n) is 7.58. The molecule has 0 amide bonds. The largest absolute Gasteiger partial charge is 0.481 e. The summed E-state index contributed by atoms with van der Waals surface area (Å²) in [6.07, 6.45) is 2.08. The highest BCUT2D eigenvalue weighted by molar-refractivity contribution is 7.85. The lowest BCUT2D eigenvalue weighted by Crippen LogP contribution is -2.16. The van der Waals surface area contributed by atoms with E-state index in [1.165, 1.54) is 0 Å². The minimum absolute atomic E-state index is 0.214. The molecule has 0 aromatic heterocycles. The van der Waals surface area contributed by atoms with Gasteiger partial charge in [-0.05, 0) is 5.92 Å². The van der Waals surface area contributed by atoms with Crippen LogP contribution in [-0.4, -0.2) is 26.8 Å². The molecule has 4 heteroatoms. The Labute approximate surface area is 75.6 Å². The molecule has 0 aliphatic rings. The Morgan fingerprint density at radius 1 is 1.58 bits per heavy atom. The maximum Gasteiger partial charge on any atom is 0.316 e. The molecule has 0 heterocycles. The third-order valence-electron chi connectivity index (χ3n) is 1.54. The van der Waals surface area contributed by atoms with E-state index in [9.17, 15) is 9.00 Å². The van der Waals surface area contributed by atoms with Crippen LogP contribution in [0.15, 0.2) is 0 Å². The minimum Gasteiger partial charge on any atom is -0.481 e. The van der Waals surface area contributed by atoms with Crippen molar-refractivity contribution in [2.24, 2.45) is 5.92 Å². The summed E-state index contributed by atoms with van der Waals surface area (Å²) in [5, 5.41) is 8.33. The van der Waals surface area contributed by atoms with Gasteiger partial charge in [0.1, 0.15) is 5.75 Å². The van der Waals surface area contributed by atoms with Crippen LogP contribution in [0.4, 0.5) is 0 Å². The first-order valence-corrected chi connectivity index (χ1v) is 5.61. The Morgan fingerprint density at radius 3 is 2.58 bits per heavy atom. The van der Waals surface area contributed by atoms with Crippen LogP contribution in [-0.2, 0) is 15.6 Å².